The number of hydrogen-bond acceptors (Lipinski definition) is 8. The van der Waals surface area contributed by atoms with Gasteiger partial charge in [0.15, 0.2) is 11.5 Å². The molecule has 0 radical (unpaired) electrons. The van der Waals surface area contributed by atoms with Crippen molar-refractivity contribution in [2.24, 2.45) is 0 Å². The predicted molar refractivity (Wildman–Crippen MR) is 101 cm³/mol. The summed E-state index contributed by atoms with van der Waals surface area (Å²) in [6, 6.07) is 2.84. The van der Waals surface area contributed by atoms with E-state index in [-0.39, 0.29) is 12.0 Å². The third-order valence-corrected chi connectivity index (χ3v) is 3.91. The first kappa shape index (κ1) is 22.2. The first-order valence-electron chi connectivity index (χ1n) is 8.72. The van der Waals surface area contributed by atoms with Gasteiger partial charge in [0.25, 0.3) is 5.91 Å². The maximum Gasteiger partial charge on any atom is 0.328 e. The molecule has 0 bridgehead atoms. The van der Waals surface area contributed by atoms with Crippen LogP contribution in [-0.2, 0) is 25.5 Å². The highest BCUT2D eigenvalue weighted by Gasteiger charge is 2.23. The Morgan fingerprint density at radius 3 is 2.53 bits per heavy atom. The molecule has 12 nitrogen and oxygen atoms in total. The lowest BCUT2D eigenvalue weighted by Crippen LogP contribution is -2.48. The van der Waals surface area contributed by atoms with E-state index >= 15 is 0 Å². The number of phenolic OH excluding ortho intramolecular Hbond substituents is 2. The largest absolute Gasteiger partial charge is 0.504 e. The van der Waals surface area contributed by atoms with Gasteiger partial charge in [-0.3, -0.25) is 14.4 Å². The minimum absolute atomic E-state index is 0.121. The molecule has 2 aromatic rings. The fraction of sp³-hybridized carbons (Fsp3) is 0.278. The smallest absolute Gasteiger partial charge is 0.328 e. The van der Waals surface area contributed by atoms with E-state index in [2.05, 4.69) is 30.7 Å². The van der Waals surface area contributed by atoms with Gasteiger partial charge in [0.1, 0.15) is 6.04 Å². The molecule has 6 N–H and O–H groups in total. The number of rotatable bonds is 9. The van der Waals surface area contributed by atoms with E-state index in [1.807, 2.05) is 0 Å². The summed E-state index contributed by atoms with van der Waals surface area (Å²) in [5.74, 6) is -3.85. The zero-order valence-electron chi connectivity index (χ0n) is 16.0. The summed E-state index contributed by atoms with van der Waals surface area (Å²) in [5, 5.41) is 26.0. The van der Waals surface area contributed by atoms with Crippen molar-refractivity contribution in [2.45, 2.75) is 12.5 Å². The number of carbonyl (C=O) groups excluding carboxylic acids is 4. The van der Waals surface area contributed by atoms with Gasteiger partial charge in [-0.15, -0.1) is 0 Å². The average Bonchev–Trinajstić information content (AvgIpc) is 3.24. The van der Waals surface area contributed by atoms with Crippen molar-refractivity contribution < 1.29 is 34.1 Å². The Kier molecular flexibility index (Phi) is 7.74. The van der Waals surface area contributed by atoms with Crippen LogP contribution in [0.15, 0.2) is 30.7 Å². The van der Waals surface area contributed by atoms with Crippen LogP contribution in [0.1, 0.15) is 16.1 Å². The van der Waals surface area contributed by atoms with Crippen LogP contribution in [0.25, 0.3) is 0 Å². The van der Waals surface area contributed by atoms with Crippen LogP contribution in [-0.4, -0.2) is 70.1 Å². The van der Waals surface area contributed by atoms with Gasteiger partial charge in [-0.2, -0.15) is 0 Å². The number of aromatic hydroxyl groups is 2. The van der Waals surface area contributed by atoms with Gasteiger partial charge in [0.05, 0.1) is 32.1 Å². The number of phenols is 2. The van der Waals surface area contributed by atoms with Crippen LogP contribution in [0.2, 0.25) is 0 Å². The Balaban J connectivity index is 1.80. The zero-order chi connectivity index (χ0) is 22.1. The molecule has 0 aliphatic heterocycles. The number of para-hydroxylation sites is 1. The van der Waals surface area contributed by atoms with E-state index < -0.39 is 54.3 Å². The van der Waals surface area contributed by atoms with E-state index in [9.17, 15) is 29.4 Å². The number of esters is 1. The Hall–Kier alpha value is -4.09. The minimum atomic E-state index is -0.978. The SMILES string of the molecule is COC(=O)[C@H](Cc1cnc[nH]1)NC(=O)CNC(=O)CNC(=O)c1cccc(O)c1O. The van der Waals surface area contributed by atoms with Crippen LogP contribution in [0, 0.1) is 0 Å². The minimum Gasteiger partial charge on any atom is -0.504 e. The number of aromatic amines is 1. The Morgan fingerprint density at radius 1 is 1.13 bits per heavy atom. The van der Waals surface area contributed by atoms with Crippen molar-refractivity contribution in [3.05, 3.63) is 42.0 Å². The standard InChI is InChI=1S/C18H21N5O7/c1-30-18(29)12(5-10-6-19-9-22-10)23-15(26)8-20-14(25)7-21-17(28)11-3-2-4-13(24)16(11)27/h2-4,6,9,12,24,27H,5,7-8H2,1H3,(H,19,22)(H,20,25)(H,21,28)(H,23,26)/t12-/m0/s1. The number of nitrogens with zero attached hydrogens (tertiary/aromatic N) is 1. The molecule has 0 unspecified atom stereocenters. The van der Waals surface area contributed by atoms with Crippen LogP contribution < -0.4 is 16.0 Å². The van der Waals surface area contributed by atoms with Crippen molar-refractivity contribution in [2.75, 3.05) is 20.2 Å². The number of methoxy groups -OCH3 is 1. The lowest BCUT2D eigenvalue weighted by Gasteiger charge is -2.16. The predicted octanol–water partition coefficient (Wildman–Crippen LogP) is -1.43. The number of benzene rings is 1. The van der Waals surface area contributed by atoms with Crippen LogP contribution in [0.3, 0.4) is 0 Å². The van der Waals surface area contributed by atoms with Crippen LogP contribution in [0.5, 0.6) is 11.5 Å². The summed E-state index contributed by atoms with van der Waals surface area (Å²) in [5.41, 5.74) is 0.396. The third kappa shape index (κ3) is 6.22. The number of carbonyl (C=O) groups is 4. The highest BCUT2D eigenvalue weighted by Crippen LogP contribution is 2.27. The number of H-pyrrole nitrogens is 1. The zero-order valence-corrected chi connectivity index (χ0v) is 16.0. The van der Waals surface area contributed by atoms with E-state index in [1.165, 1.54) is 37.8 Å². The molecule has 0 aliphatic rings. The molecule has 0 fully saturated rings. The summed E-state index contributed by atoms with van der Waals surface area (Å²) < 4.78 is 4.65. The van der Waals surface area contributed by atoms with Gasteiger partial charge < -0.3 is 35.9 Å². The number of imidazole rings is 1. The van der Waals surface area contributed by atoms with Crippen LogP contribution in [0.4, 0.5) is 0 Å². The summed E-state index contributed by atoms with van der Waals surface area (Å²) in [7, 11) is 1.18. The highest BCUT2D eigenvalue weighted by atomic mass is 16.5. The van der Waals surface area contributed by atoms with E-state index in [0.717, 1.165) is 0 Å². The van der Waals surface area contributed by atoms with Crippen molar-refractivity contribution in [1.82, 2.24) is 25.9 Å². The second kappa shape index (κ2) is 10.5. The number of ether oxygens (including phenoxy) is 1. The number of amides is 3. The molecule has 1 heterocycles. The second-order valence-corrected chi connectivity index (χ2v) is 6.06. The number of aromatic nitrogens is 2. The topological polar surface area (TPSA) is 183 Å². The normalized spacial score (nSPS) is 11.2. The highest BCUT2D eigenvalue weighted by molar-refractivity contribution is 5.99. The Bertz CT molecular complexity index is 914. The molecule has 0 saturated carbocycles. The molecule has 3 amide bonds. The van der Waals surface area contributed by atoms with Gasteiger partial charge in [0, 0.05) is 18.3 Å². The van der Waals surface area contributed by atoms with E-state index in [4.69, 9.17) is 0 Å². The summed E-state index contributed by atoms with van der Waals surface area (Å²) in [6.07, 6.45) is 3.04. The molecule has 1 aromatic heterocycles. The number of hydrogen-bond donors (Lipinski definition) is 6. The van der Waals surface area contributed by atoms with Gasteiger partial charge in [0.2, 0.25) is 11.8 Å². The van der Waals surface area contributed by atoms with Crippen molar-refractivity contribution in [3.63, 3.8) is 0 Å². The fourth-order valence-corrected chi connectivity index (χ4v) is 2.41. The third-order valence-electron chi connectivity index (χ3n) is 3.91. The summed E-state index contributed by atoms with van der Waals surface area (Å²) >= 11 is 0. The average molecular weight is 419 g/mol. The molecule has 160 valence electrons. The molecular weight excluding hydrogens is 398 g/mol. The first-order valence-corrected chi connectivity index (χ1v) is 8.72. The second-order valence-electron chi connectivity index (χ2n) is 6.06. The lowest BCUT2D eigenvalue weighted by molar-refractivity contribution is -0.145. The van der Waals surface area contributed by atoms with Gasteiger partial charge in [-0.05, 0) is 12.1 Å². The molecule has 0 saturated heterocycles. The van der Waals surface area contributed by atoms with Gasteiger partial charge >= 0.3 is 5.97 Å². The van der Waals surface area contributed by atoms with Crippen LogP contribution >= 0.6 is 0 Å². The molecule has 1 atom stereocenters. The molecule has 0 aliphatic carbocycles. The van der Waals surface area contributed by atoms with E-state index in [1.54, 1.807) is 0 Å². The van der Waals surface area contributed by atoms with Crippen molar-refractivity contribution in [3.8, 4) is 11.5 Å². The Morgan fingerprint density at radius 2 is 1.87 bits per heavy atom. The van der Waals surface area contributed by atoms with E-state index in [0.29, 0.717) is 5.69 Å². The van der Waals surface area contributed by atoms with Gasteiger partial charge in [-0.1, -0.05) is 6.07 Å². The van der Waals surface area contributed by atoms with Crippen molar-refractivity contribution >= 4 is 23.7 Å². The molecule has 30 heavy (non-hydrogen) atoms. The number of nitrogens with one attached hydrogen (secondary N) is 4. The fourth-order valence-electron chi connectivity index (χ4n) is 2.41. The summed E-state index contributed by atoms with van der Waals surface area (Å²) in [4.78, 5) is 54.3. The maximum atomic E-state index is 12.0. The molecule has 12 heteroatoms. The Labute approximate surface area is 170 Å². The molecule has 0 spiro atoms. The molecular formula is C18H21N5O7. The lowest BCUT2D eigenvalue weighted by atomic mass is 10.1. The van der Waals surface area contributed by atoms with Gasteiger partial charge in [-0.25, -0.2) is 9.78 Å². The summed E-state index contributed by atoms with van der Waals surface area (Å²) in [6.45, 7) is -0.918. The molecule has 2 rings (SSSR count). The maximum absolute atomic E-state index is 12.0. The quantitative estimate of drug-likeness (QED) is 0.211. The monoisotopic (exact) mass is 419 g/mol. The molecule has 1 aromatic carbocycles. The first-order chi connectivity index (χ1) is 14.3. The van der Waals surface area contributed by atoms with Crippen molar-refractivity contribution in [1.29, 1.82) is 0 Å².